The number of rotatable bonds is 4. The number of aromatic nitrogens is 2. The molecule has 106 valence electrons. The Labute approximate surface area is 123 Å². The summed E-state index contributed by atoms with van der Waals surface area (Å²) in [6.07, 6.45) is 1.58. The number of aliphatic hydroxyl groups excluding tert-OH is 1. The molecule has 0 radical (unpaired) electrons. The Kier molecular flexibility index (Phi) is 3.79. The highest BCUT2D eigenvalue weighted by Crippen LogP contribution is 2.23. The third-order valence-corrected chi connectivity index (χ3v) is 3.45. The number of para-hydroxylation sites is 1. The van der Waals surface area contributed by atoms with E-state index in [-0.39, 0.29) is 0 Å². The van der Waals surface area contributed by atoms with Crippen molar-refractivity contribution in [1.29, 1.82) is 0 Å². The van der Waals surface area contributed by atoms with Gasteiger partial charge in [-0.25, -0.2) is 4.98 Å². The van der Waals surface area contributed by atoms with E-state index in [2.05, 4.69) is 9.97 Å². The lowest BCUT2D eigenvalue weighted by Gasteiger charge is -2.12. The minimum atomic E-state index is -0.675. The predicted octanol–water partition coefficient (Wildman–Crippen LogP) is 2.91. The van der Waals surface area contributed by atoms with Crippen molar-refractivity contribution in [2.75, 3.05) is 7.11 Å². The molecule has 0 saturated heterocycles. The van der Waals surface area contributed by atoms with Crippen molar-refractivity contribution in [3.63, 3.8) is 0 Å². The number of nitrogens with zero attached hydrogens (tertiary/aromatic N) is 2. The number of hydrogen-bond donors (Lipinski definition) is 1. The lowest BCUT2D eigenvalue weighted by Crippen LogP contribution is -2.05. The van der Waals surface area contributed by atoms with E-state index < -0.39 is 6.10 Å². The van der Waals surface area contributed by atoms with E-state index in [1.54, 1.807) is 25.4 Å². The van der Waals surface area contributed by atoms with Crippen molar-refractivity contribution in [2.24, 2.45) is 0 Å². The monoisotopic (exact) mass is 280 g/mol. The number of hydrogen-bond acceptors (Lipinski definition) is 4. The molecule has 0 bridgehead atoms. The first-order chi connectivity index (χ1) is 10.3. The van der Waals surface area contributed by atoms with Crippen LogP contribution in [0.5, 0.6) is 5.88 Å². The van der Waals surface area contributed by atoms with Gasteiger partial charge in [-0.3, -0.25) is 4.98 Å². The molecule has 2 heterocycles. The molecule has 0 aliphatic carbocycles. The van der Waals surface area contributed by atoms with Crippen molar-refractivity contribution < 1.29 is 9.84 Å². The lowest BCUT2D eigenvalue weighted by molar-refractivity contribution is 0.173. The van der Waals surface area contributed by atoms with Crippen molar-refractivity contribution in [3.8, 4) is 5.88 Å². The lowest BCUT2D eigenvalue weighted by atomic mass is 10.0. The number of methoxy groups -OCH3 is 1. The normalized spacial score (nSPS) is 12.3. The molecule has 0 spiro atoms. The van der Waals surface area contributed by atoms with Crippen LogP contribution in [-0.4, -0.2) is 22.2 Å². The Morgan fingerprint density at radius 1 is 1.10 bits per heavy atom. The van der Waals surface area contributed by atoms with E-state index in [4.69, 9.17) is 4.74 Å². The highest BCUT2D eigenvalue weighted by atomic mass is 16.5. The van der Waals surface area contributed by atoms with Gasteiger partial charge in [0.25, 0.3) is 0 Å². The summed E-state index contributed by atoms with van der Waals surface area (Å²) < 4.78 is 5.09. The maximum absolute atomic E-state index is 10.4. The summed E-state index contributed by atoms with van der Waals surface area (Å²) >= 11 is 0. The van der Waals surface area contributed by atoms with Gasteiger partial charge in [-0.1, -0.05) is 24.3 Å². The molecule has 4 heteroatoms. The van der Waals surface area contributed by atoms with Crippen molar-refractivity contribution in [2.45, 2.75) is 12.5 Å². The Balaban J connectivity index is 1.90. The van der Waals surface area contributed by atoms with Crippen LogP contribution >= 0.6 is 0 Å². The van der Waals surface area contributed by atoms with Crippen LogP contribution in [0.25, 0.3) is 10.9 Å². The van der Waals surface area contributed by atoms with Gasteiger partial charge in [0.2, 0.25) is 5.88 Å². The van der Waals surface area contributed by atoms with E-state index in [0.29, 0.717) is 18.0 Å². The average molecular weight is 280 g/mol. The van der Waals surface area contributed by atoms with Crippen LogP contribution in [0, 0.1) is 0 Å². The maximum Gasteiger partial charge on any atom is 0.213 e. The topological polar surface area (TPSA) is 55.2 Å². The first-order valence-corrected chi connectivity index (χ1v) is 6.79. The number of ether oxygens (including phenoxy) is 1. The second-order valence-corrected chi connectivity index (χ2v) is 4.81. The SMILES string of the molecule is COc1cccc(C(O)Cc2ccnc3ccccc23)n1. The standard InChI is InChI=1S/C17H16N2O2/c1-21-17-8-4-7-15(19-17)16(20)11-12-9-10-18-14-6-3-2-5-13(12)14/h2-10,16,20H,11H2,1H3. The summed E-state index contributed by atoms with van der Waals surface area (Å²) in [6.45, 7) is 0. The Morgan fingerprint density at radius 2 is 1.95 bits per heavy atom. The molecule has 0 aliphatic heterocycles. The summed E-state index contributed by atoms with van der Waals surface area (Å²) in [7, 11) is 1.56. The highest BCUT2D eigenvalue weighted by molar-refractivity contribution is 5.81. The van der Waals surface area contributed by atoms with E-state index in [9.17, 15) is 5.11 Å². The summed E-state index contributed by atoms with van der Waals surface area (Å²) in [6, 6.07) is 15.2. The average Bonchev–Trinajstić information content (AvgIpc) is 2.55. The fourth-order valence-electron chi connectivity index (χ4n) is 2.38. The molecule has 4 nitrogen and oxygen atoms in total. The Bertz CT molecular complexity index is 753. The molecular formula is C17H16N2O2. The van der Waals surface area contributed by atoms with Gasteiger partial charge in [0.05, 0.1) is 18.3 Å². The van der Waals surface area contributed by atoms with Crippen LogP contribution in [0.2, 0.25) is 0 Å². The summed E-state index contributed by atoms with van der Waals surface area (Å²) in [5.74, 6) is 0.506. The van der Waals surface area contributed by atoms with Crippen molar-refractivity contribution >= 4 is 10.9 Å². The summed E-state index contributed by atoms with van der Waals surface area (Å²) in [5.41, 5.74) is 2.59. The molecule has 1 aromatic carbocycles. The number of fused-ring (bicyclic) bond motifs is 1. The minimum Gasteiger partial charge on any atom is -0.481 e. The predicted molar refractivity (Wildman–Crippen MR) is 81.2 cm³/mol. The van der Waals surface area contributed by atoms with Crippen LogP contribution in [0.3, 0.4) is 0 Å². The molecule has 2 aromatic heterocycles. The second-order valence-electron chi connectivity index (χ2n) is 4.81. The molecule has 0 aliphatic rings. The Hall–Kier alpha value is -2.46. The molecule has 0 amide bonds. The first-order valence-electron chi connectivity index (χ1n) is 6.79. The molecular weight excluding hydrogens is 264 g/mol. The number of benzene rings is 1. The molecule has 0 fully saturated rings. The van der Waals surface area contributed by atoms with Gasteiger partial charge in [0.15, 0.2) is 0 Å². The molecule has 1 atom stereocenters. The van der Waals surface area contributed by atoms with Gasteiger partial charge in [0, 0.05) is 24.1 Å². The number of aliphatic hydroxyl groups is 1. The second kappa shape index (κ2) is 5.89. The van der Waals surface area contributed by atoms with Gasteiger partial charge >= 0.3 is 0 Å². The van der Waals surface area contributed by atoms with E-state index in [1.807, 2.05) is 36.4 Å². The van der Waals surface area contributed by atoms with Gasteiger partial charge in [-0.15, -0.1) is 0 Å². The summed E-state index contributed by atoms with van der Waals surface area (Å²) in [4.78, 5) is 8.61. The zero-order valence-corrected chi connectivity index (χ0v) is 11.7. The van der Waals surface area contributed by atoms with E-state index in [0.717, 1.165) is 16.5 Å². The number of pyridine rings is 2. The van der Waals surface area contributed by atoms with Gasteiger partial charge < -0.3 is 9.84 Å². The zero-order valence-electron chi connectivity index (χ0n) is 11.7. The Morgan fingerprint density at radius 3 is 2.81 bits per heavy atom. The van der Waals surface area contributed by atoms with Crippen LogP contribution in [0.4, 0.5) is 0 Å². The van der Waals surface area contributed by atoms with Crippen molar-refractivity contribution in [3.05, 3.63) is 66.0 Å². The quantitative estimate of drug-likeness (QED) is 0.798. The minimum absolute atomic E-state index is 0.489. The fourth-order valence-corrected chi connectivity index (χ4v) is 2.38. The third-order valence-electron chi connectivity index (χ3n) is 3.45. The van der Waals surface area contributed by atoms with Crippen LogP contribution < -0.4 is 4.74 Å². The molecule has 0 saturated carbocycles. The maximum atomic E-state index is 10.4. The zero-order chi connectivity index (χ0) is 14.7. The van der Waals surface area contributed by atoms with E-state index in [1.165, 1.54) is 0 Å². The third kappa shape index (κ3) is 2.85. The molecule has 1 unspecified atom stereocenters. The molecule has 21 heavy (non-hydrogen) atoms. The van der Waals surface area contributed by atoms with Crippen molar-refractivity contribution in [1.82, 2.24) is 9.97 Å². The van der Waals surface area contributed by atoms with Gasteiger partial charge in [-0.2, -0.15) is 0 Å². The summed E-state index contributed by atoms with van der Waals surface area (Å²) in [5, 5.41) is 11.5. The van der Waals surface area contributed by atoms with Crippen LogP contribution in [0.15, 0.2) is 54.7 Å². The van der Waals surface area contributed by atoms with Crippen LogP contribution in [0.1, 0.15) is 17.4 Å². The first kappa shape index (κ1) is 13.5. The highest BCUT2D eigenvalue weighted by Gasteiger charge is 2.13. The van der Waals surface area contributed by atoms with Gasteiger partial charge in [0.1, 0.15) is 6.10 Å². The van der Waals surface area contributed by atoms with E-state index >= 15 is 0 Å². The smallest absolute Gasteiger partial charge is 0.213 e. The largest absolute Gasteiger partial charge is 0.481 e. The van der Waals surface area contributed by atoms with Gasteiger partial charge in [-0.05, 0) is 23.8 Å². The molecule has 3 aromatic rings. The molecule has 3 rings (SSSR count). The van der Waals surface area contributed by atoms with Crippen LogP contribution in [-0.2, 0) is 6.42 Å². The fraction of sp³-hybridized carbons (Fsp3) is 0.176. The molecule has 1 N–H and O–H groups in total.